The Morgan fingerprint density at radius 3 is 2.67 bits per heavy atom. The highest BCUT2D eigenvalue weighted by Crippen LogP contribution is 2.27. The van der Waals surface area contributed by atoms with Gasteiger partial charge >= 0.3 is 0 Å². The fourth-order valence-corrected chi connectivity index (χ4v) is 1.64. The molecule has 0 aliphatic carbocycles. The van der Waals surface area contributed by atoms with Gasteiger partial charge in [-0.3, -0.25) is 0 Å². The highest BCUT2D eigenvalue weighted by Gasteiger charge is 2.05. The predicted molar refractivity (Wildman–Crippen MR) is 62.6 cm³/mol. The van der Waals surface area contributed by atoms with E-state index in [-0.39, 0.29) is 0 Å². The molecule has 0 unspecified atom stereocenters. The number of nitrogens with one attached hydrogen (secondary N) is 1. The third-order valence-corrected chi connectivity index (χ3v) is 2.51. The number of aromatic nitrogens is 1. The summed E-state index contributed by atoms with van der Waals surface area (Å²) in [6.07, 6.45) is 0. The molecule has 0 radical (unpaired) electrons. The van der Waals surface area contributed by atoms with E-state index in [1.54, 1.807) is 7.11 Å². The molecule has 2 rings (SSSR count). The van der Waals surface area contributed by atoms with Gasteiger partial charge in [0, 0.05) is 12.4 Å². The molecule has 0 fully saturated rings. The van der Waals surface area contributed by atoms with Crippen molar-refractivity contribution in [3.63, 3.8) is 0 Å². The number of nitrogens with zero attached hydrogens (tertiary/aromatic N) is 1. The Labute approximate surface area is 89.1 Å². The predicted octanol–water partition coefficient (Wildman–Crippen LogP) is 2.59. The van der Waals surface area contributed by atoms with Gasteiger partial charge in [-0.25, -0.2) is 4.98 Å². The summed E-state index contributed by atoms with van der Waals surface area (Å²) in [5.74, 6) is 1.67. The van der Waals surface area contributed by atoms with Crippen LogP contribution in [0.5, 0.6) is 5.75 Å². The van der Waals surface area contributed by atoms with Crippen molar-refractivity contribution in [3.05, 3.63) is 29.8 Å². The summed E-state index contributed by atoms with van der Waals surface area (Å²) in [5, 5.41) is 4.16. The summed E-state index contributed by atoms with van der Waals surface area (Å²) in [4.78, 5) is 4.49. The molecular weight excluding hydrogens is 188 g/mol. The molecular formula is C12H14N2O. The highest BCUT2D eigenvalue weighted by molar-refractivity contribution is 5.88. The fourth-order valence-electron chi connectivity index (χ4n) is 1.64. The van der Waals surface area contributed by atoms with E-state index in [0.29, 0.717) is 0 Å². The quantitative estimate of drug-likeness (QED) is 0.812. The third kappa shape index (κ3) is 1.61. The van der Waals surface area contributed by atoms with Gasteiger partial charge in [0.05, 0.1) is 7.11 Å². The normalized spacial score (nSPS) is 10.3. The average Bonchev–Trinajstić information content (AvgIpc) is 2.29. The molecule has 3 nitrogen and oxygen atoms in total. The van der Waals surface area contributed by atoms with Crippen molar-refractivity contribution in [2.24, 2.45) is 0 Å². The summed E-state index contributed by atoms with van der Waals surface area (Å²) in [7, 11) is 3.52. The van der Waals surface area contributed by atoms with Crippen LogP contribution >= 0.6 is 0 Å². The van der Waals surface area contributed by atoms with Crippen LogP contribution in [0.3, 0.4) is 0 Å². The maximum atomic E-state index is 5.29. The van der Waals surface area contributed by atoms with Crippen LogP contribution in [0.25, 0.3) is 10.9 Å². The fraction of sp³-hybridized carbons (Fsp3) is 0.250. The Hall–Kier alpha value is -1.77. The van der Waals surface area contributed by atoms with Crippen LogP contribution in [0.2, 0.25) is 0 Å². The van der Waals surface area contributed by atoms with Gasteiger partial charge in [0.2, 0.25) is 0 Å². The van der Waals surface area contributed by atoms with Crippen LogP contribution in [0.15, 0.2) is 24.3 Å². The summed E-state index contributed by atoms with van der Waals surface area (Å²) < 4.78 is 5.29. The van der Waals surface area contributed by atoms with E-state index in [9.17, 15) is 0 Å². The van der Waals surface area contributed by atoms with Gasteiger partial charge in [-0.2, -0.15) is 0 Å². The lowest BCUT2D eigenvalue weighted by atomic mass is 10.1. The van der Waals surface area contributed by atoms with E-state index in [2.05, 4.69) is 23.3 Å². The van der Waals surface area contributed by atoms with Crippen LogP contribution in [0.4, 0.5) is 5.82 Å². The number of hydrogen-bond acceptors (Lipinski definition) is 3. The molecule has 1 aromatic carbocycles. The lowest BCUT2D eigenvalue weighted by Crippen LogP contribution is -1.95. The van der Waals surface area contributed by atoms with Crippen molar-refractivity contribution in [1.82, 2.24) is 4.98 Å². The molecule has 1 aromatic heterocycles. The number of aryl methyl sites for hydroxylation is 1. The second kappa shape index (κ2) is 3.77. The number of methoxy groups -OCH3 is 1. The standard InChI is InChI=1S/C12H14N2O/c1-8-4-6-10(15-3)12-9(8)5-7-11(13-2)14-12/h4-7H,1-3H3,(H,13,14). The first kappa shape index (κ1) is 9.77. The van der Waals surface area contributed by atoms with Crippen molar-refractivity contribution in [1.29, 1.82) is 0 Å². The molecule has 2 aromatic rings. The molecule has 0 bridgehead atoms. The zero-order chi connectivity index (χ0) is 10.8. The minimum atomic E-state index is 0.813. The first-order chi connectivity index (χ1) is 7.26. The molecule has 3 heteroatoms. The first-order valence-electron chi connectivity index (χ1n) is 4.88. The first-order valence-corrected chi connectivity index (χ1v) is 4.88. The Kier molecular flexibility index (Phi) is 2.46. The minimum absolute atomic E-state index is 0.813. The minimum Gasteiger partial charge on any atom is -0.494 e. The van der Waals surface area contributed by atoms with E-state index < -0.39 is 0 Å². The monoisotopic (exact) mass is 202 g/mol. The summed E-state index contributed by atoms with van der Waals surface area (Å²) in [5.41, 5.74) is 2.12. The number of ether oxygens (including phenoxy) is 1. The zero-order valence-electron chi connectivity index (χ0n) is 9.16. The molecule has 1 heterocycles. The van der Waals surface area contributed by atoms with Gasteiger partial charge in [-0.15, -0.1) is 0 Å². The van der Waals surface area contributed by atoms with E-state index in [4.69, 9.17) is 4.74 Å². The van der Waals surface area contributed by atoms with Gasteiger partial charge < -0.3 is 10.1 Å². The second-order valence-corrected chi connectivity index (χ2v) is 3.43. The smallest absolute Gasteiger partial charge is 0.145 e. The van der Waals surface area contributed by atoms with E-state index >= 15 is 0 Å². The van der Waals surface area contributed by atoms with Crippen molar-refractivity contribution in [3.8, 4) is 5.75 Å². The van der Waals surface area contributed by atoms with Crippen LogP contribution in [0, 0.1) is 6.92 Å². The topological polar surface area (TPSA) is 34.1 Å². The van der Waals surface area contributed by atoms with Gasteiger partial charge in [0.15, 0.2) is 0 Å². The van der Waals surface area contributed by atoms with Gasteiger partial charge in [-0.1, -0.05) is 6.07 Å². The summed E-state index contributed by atoms with van der Waals surface area (Å²) in [6, 6.07) is 8.02. The Bertz CT molecular complexity index is 494. The van der Waals surface area contributed by atoms with Crippen LogP contribution in [-0.2, 0) is 0 Å². The van der Waals surface area contributed by atoms with Crippen molar-refractivity contribution < 1.29 is 4.74 Å². The molecule has 0 atom stereocenters. The number of anilines is 1. The molecule has 0 saturated heterocycles. The SMILES string of the molecule is CNc1ccc2c(C)ccc(OC)c2n1. The Balaban J connectivity index is 2.77. The number of fused-ring (bicyclic) bond motifs is 1. The summed E-state index contributed by atoms with van der Waals surface area (Å²) >= 11 is 0. The molecule has 0 aliphatic heterocycles. The van der Waals surface area contributed by atoms with Crippen LogP contribution in [0.1, 0.15) is 5.56 Å². The third-order valence-electron chi connectivity index (χ3n) is 2.51. The molecule has 0 saturated carbocycles. The van der Waals surface area contributed by atoms with Crippen LogP contribution in [-0.4, -0.2) is 19.1 Å². The maximum Gasteiger partial charge on any atom is 0.145 e. The lowest BCUT2D eigenvalue weighted by Gasteiger charge is -2.08. The van der Waals surface area contributed by atoms with Crippen molar-refractivity contribution in [2.45, 2.75) is 6.92 Å². The van der Waals surface area contributed by atoms with Gasteiger partial charge in [0.1, 0.15) is 17.1 Å². The molecule has 0 spiro atoms. The largest absolute Gasteiger partial charge is 0.494 e. The number of pyridine rings is 1. The highest BCUT2D eigenvalue weighted by atomic mass is 16.5. The number of hydrogen-bond donors (Lipinski definition) is 1. The van der Waals surface area contributed by atoms with E-state index in [1.165, 1.54) is 5.56 Å². The van der Waals surface area contributed by atoms with E-state index in [0.717, 1.165) is 22.5 Å². The summed E-state index contributed by atoms with van der Waals surface area (Å²) in [6.45, 7) is 2.07. The molecule has 0 amide bonds. The Morgan fingerprint density at radius 1 is 1.20 bits per heavy atom. The molecule has 1 N–H and O–H groups in total. The van der Waals surface area contributed by atoms with Crippen molar-refractivity contribution >= 4 is 16.7 Å². The average molecular weight is 202 g/mol. The number of benzene rings is 1. The molecule has 78 valence electrons. The van der Waals surface area contributed by atoms with Gasteiger partial charge in [0.25, 0.3) is 0 Å². The van der Waals surface area contributed by atoms with Gasteiger partial charge in [-0.05, 0) is 30.7 Å². The molecule has 15 heavy (non-hydrogen) atoms. The Morgan fingerprint density at radius 2 is 2.00 bits per heavy atom. The number of rotatable bonds is 2. The maximum absolute atomic E-state index is 5.29. The lowest BCUT2D eigenvalue weighted by molar-refractivity contribution is 0.419. The van der Waals surface area contributed by atoms with Crippen molar-refractivity contribution in [2.75, 3.05) is 19.5 Å². The zero-order valence-corrected chi connectivity index (χ0v) is 9.16. The second-order valence-electron chi connectivity index (χ2n) is 3.43. The van der Waals surface area contributed by atoms with Crippen LogP contribution < -0.4 is 10.1 Å². The van der Waals surface area contributed by atoms with E-state index in [1.807, 2.05) is 25.2 Å². The molecule has 0 aliphatic rings.